The summed E-state index contributed by atoms with van der Waals surface area (Å²) in [5, 5.41) is 3.16. The van der Waals surface area contributed by atoms with Crippen LogP contribution < -0.4 is 11.1 Å². The number of carbonyl (C=O) groups excluding carboxylic acids is 1. The van der Waals surface area contributed by atoms with Crippen LogP contribution in [-0.2, 0) is 9.53 Å². The molecule has 2 rings (SSSR count). The summed E-state index contributed by atoms with van der Waals surface area (Å²) in [6.07, 6.45) is 3.89. The van der Waals surface area contributed by atoms with Gasteiger partial charge in [-0.25, -0.2) is 0 Å². The first kappa shape index (κ1) is 22.9. The fourth-order valence-corrected chi connectivity index (χ4v) is 3.36. The second-order valence-electron chi connectivity index (χ2n) is 6.95. The molecular weight excluding hydrogens is 337 g/mol. The van der Waals surface area contributed by atoms with Gasteiger partial charge in [-0.05, 0) is 37.5 Å². The van der Waals surface area contributed by atoms with Crippen molar-refractivity contribution < 1.29 is 9.53 Å². The lowest BCUT2D eigenvalue weighted by molar-refractivity contribution is -0.125. The maximum Gasteiger partial charge on any atom is 0.237 e. The second kappa shape index (κ2) is 11.5. The van der Waals surface area contributed by atoms with Crippen LogP contribution in [0.5, 0.6) is 0 Å². The van der Waals surface area contributed by atoms with E-state index in [1.807, 2.05) is 0 Å². The van der Waals surface area contributed by atoms with Crippen LogP contribution in [0.15, 0.2) is 0 Å². The number of hydrogen-bond acceptors (Lipinski definition) is 4. The zero-order chi connectivity index (χ0) is 15.2. The molecule has 2 saturated heterocycles. The molecule has 1 unspecified atom stereocenters. The normalized spacial score (nSPS) is 22.1. The molecule has 0 bridgehead atoms. The highest BCUT2D eigenvalue weighted by atomic mass is 35.5. The summed E-state index contributed by atoms with van der Waals surface area (Å²) < 4.78 is 5.33. The molecule has 0 spiro atoms. The van der Waals surface area contributed by atoms with Crippen LogP contribution in [0.25, 0.3) is 0 Å². The molecule has 0 aromatic heterocycles. The molecule has 2 aliphatic rings. The van der Waals surface area contributed by atoms with E-state index in [2.05, 4.69) is 24.1 Å². The predicted molar refractivity (Wildman–Crippen MR) is 98.5 cm³/mol. The van der Waals surface area contributed by atoms with E-state index >= 15 is 0 Å². The van der Waals surface area contributed by atoms with Gasteiger partial charge in [-0.3, -0.25) is 4.79 Å². The van der Waals surface area contributed by atoms with Crippen LogP contribution in [0, 0.1) is 11.8 Å². The topological polar surface area (TPSA) is 67.6 Å². The van der Waals surface area contributed by atoms with Crippen molar-refractivity contribution in [3.8, 4) is 0 Å². The highest BCUT2D eigenvalue weighted by Crippen LogP contribution is 2.18. The number of amides is 1. The third-order valence-corrected chi connectivity index (χ3v) is 4.63. The second-order valence-corrected chi connectivity index (χ2v) is 6.95. The Kier molecular flexibility index (Phi) is 11.4. The summed E-state index contributed by atoms with van der Waals surface area (Å²) in [7, 11) is 0. The van der Waals surface area contributed by atoms with Crippen molar-refractivity contribution in [3.63, 3.8) is 0 Å². The number of ether oxygens (including phenoxy) is 1. The van der Waals surface area contributed by atoms with Crippen molar-refractivity contribution in [3.05, 3.63) is 0 Å². The largest absolute Gasteiger partial charge is 0.381 e. The van der Waals surface area contributed by atoms with Crippen molar-refractivity contribution in [1.29, 1.82) is 0 Å². The molecule has 0 aromatic rings. The van der Waals surface area contributed by atoms with Crippen LogP contribution in [0.3, 0.4) is 0 Å². The van der Waals surface area contributed by atoms with Crippen molar-refractivity contribution in [2.24, 2.45) is 17.6 Å². The summed E-state index contributed by atoms with van der Waals surface area (Å²) in [6, 6.07) is -0.0746. The Labute approximate surface area is 152 Å². The number of nitrogens with one attached hydrogen (secondary N) is 1. The van der Waals surface area contributed by atoms with E-state index in [9.17, 15) is 4.79 Å². The Morgan fingerprint density at radius 2 is 1.74 bits per heavy atom. The van der Waals surface area contributed by atoms with Crippen LogP contribution >= 0.6 is 24.8 Å². The van der Waals surface area contributed by atoms with Crippen LogP contribution in [-0.4, -0.2) is 55.7 Å². The highest BCUT2D eigenvalue weighted by molar-refractivity contribution is 5.85. The first-order valence-electron chi connectivity index (χ1n) is 8.42. The number of hydrogen-bond donors (Lipinski definition) is 2. The molecular formula is C16H33Cl2N3O2. The summed E-state index contributed by atoms with van der Waals surface area (Å²) in [5.74, 6) is 1.02. The van der Waals surface area contributed by atoms with Crippen LogP contribution in [0.4, 0.5) is 0 Å². The predicted octanol–water partition coefficient (Wildman–Crippen LogP) is 1.82. The van der Waals surface area contributed by atoms with E-state index < -0.39 is 0 Å². The molecule has 0 radical (unpaired) electrons. The van der Waals surface area contributed by atoms with E-state index in [4.69, 9.17) is 10.5 Å². The minimum atomic E-state index is -0.373. The highest BCUT2D eigenvalue weighted by Gasteiger charge is 2.29. The van der Waals surface area contributed by atoms with Crippen molar-refractivity contribution in [2.75, 3.05) is 32.8 Å². The Balaban J connectivity index is 0.00000242. The molecule has 0 saturated carbocycles. The van der Waals surface area contributed by atoms with Gasteiger partial charge in [-0.15, -0.1) is 24.8 Å². The van der Waals surface area contributed by atoms with Gasteiger partial charge in [-0.2, -0.15) is 0 Å². The number of rotatable bonds is 5. The van der Waals surface area contributed by atoms with E-state index in [1.165, 1.54) is 0 Å². The maximum atomic E-state index is 12.3. The van der Waals surface area contributed by atoms with Gasteiger partial charge in [0.05, 0.1) is 6.04 Å². The average Bonchev–Trinajstić information content (AvgIpc) is 2.49. The number of nitrogens with two attached hydrogens (primary N) is 1. The van der Waals surface area contributed by atoms with E-state index in [1.54, 1.807) is 0 Å². The first-order valence-corrected chi connectivity index (χ1v) is 8.42. The summed E-state index contributed by atoms with van der Waals surface area (Å²) >= 11 is 0. The van der Waals surface area contributed by atoms with Crippen molar-refractivity contribution in [2.45, 2.75) is 51.6 Å². The van der Waals surface area contributed by atoms with Gasteiger partial charge in [0.2, 0.25) is 5.91 Å². The monoisotopic (exact) mass is 369 g/mol. The van der Waals surface area contributed by atoms with Crippen molar-refractivity contribution in [1.82, 2.24) is 10.2 Å². The fourth-order valence-electron chi connectivity index (χ4n) is 3.36. The Bertz CT molecular complexity index is 331. The Morgan fingerprint density at radius 3 is 2.26 bits per heavy atom. The van der Waals surface area contributed by atoms with E-state index in [0.717, 1.165) is 58.5 Å². The molecule has 2 aliphatic heterocycles. The quantitative estimate of drug-likeness (QED) is 0.775. The average molecular weight is 370 g/mol. The molecule has 2 fully saturated rings. The van der Waals surface area contributed by atoms with Gasteiger partial charge < -0.3 is 20.7 Å². The molecule has 3 N–H and O–H groups in total. The number of nitrogens with zero attached hydrogens (tertiary/aromatic N) is 1. The fraction of sp³-hybridized carbons (Fsp3) is 0.938. The summed E-state index contributed by atoms with van der Waals surface area (Å²) in [4.78, 5) is 14.8. The Morgan fingerprint density at radius 1 is 1.17 bits per heavy atom. The van der Waals surface area contributed by atoms with Gasteiger partial charge in [0.1, 0.15) is 0 Å². The molecule has 7 heteroatoms. The molecule has 23 heavy (non-hydrogen) atoms. The summed E-state index contributed by atoms with van der Waals surface area (Å²) in [6.45, 7) is 9.29. The maximum absolute atomic E-state index is 12.3. The lowest BCUT2D eigenvalue weighted by Crippen LogP contribution is -2.52. The van der Waals surface area contributed by atoms with Gasteiger partial charge in [-0.1, -0.05) is 13.8 Å². The van der Waals surface area contributed by atoms with Crippen LogP contribution in [0.1, 0.15) is 39.5 Å². The zero-order valence-electron chi connectivity index (χ0n) is 14.3. The number of carbonyl (C=O) groups is 1. The number of likely N-dealkylation sites (tertiary alicyclic amines) is 1. The molecule has 1 atom stereocenters. The molecule has 0 aromatic carbocycles. The van der Waals surface area contributed by atoms with Gasteiger partial charge in [0.25, 0.3) is 0 Å². The third kappa shape index (κ3) is 7.57. The third-order valence-electron chi connectivity index (χ3n) is 4.63. The Hall–Kier alpha value is -0.0700. The van der Waals surface area contributed by atoms with Gasteiger partial charge >= 0.3 is 0 Å². The molecule has 1 amide bonds. The standard InChI is InChI=1S/C16H31N3O2.2ClH/c1-12(2)11-19-7-3-14(4-8-19)18-16(20)15(17)13-5-9-21-10-6-13;;/h12-15H,3-11,17H2,1-2H3,(H,18,20);2*1H. The molecule has 138 valence electrons. The minimum Gasteiger partial charge on any atom is -0.381 e. The SMILES string of the molecule is CC(C)CN1CCC(NC(=O)C(N)C2CCOCC2)CC1.Cl.Cl. The molecule has 5 nitrogen and oxygen atoms in total. The van der Waals surface area contributed by atoms with Gasteiger partial charge in [0, 0.05) is 38.9 Å². The summed E-state index contributed by atoms with van der Waals surface area (Å²) in [5.41, 5.74) is 6.12. The first-order chi connectivity index (χ1) is 10.1. The van der Waals surface area contributed by atoms with Gasteiger partial charge in [0.15, 0.2) is 0 Å². The zero-order valence-corrected chi connectivity index (χ0v) is 16.0. The smallest absolute Gasteiger partial charge is 0.237 e. The molecule has 0 aliphatic carbocycles. The lowest BCUT2D eigenvalue weighted by Gasteiger charge is -2.34. The minimum absolute atomic E-state index is 0. The number of piperidine rings is 1. The van der Waals surface area contributed by atoms with E-state index in [0.29, 0.717) is 12.0 Å². The van der Waals surface area contributed by atoms with Crippen LogP contribution in [0.2, 0.25) is 0 Å². The molecule has 2 heterocycles. The van der Waals surface area contributed by atoms with Crippen molar-refractivity contribution >= 4 is 30.7 Å². The lowest BCUT2D eigenvalue weighted by atomic mass is 9.91. The number of halogens is 2. The van der Waals surface area contributed by atoms with E-state index in [-0.39, 0.29) is 42.7 Å².